The zero-order valence-electron chi connectivity index (χ0n) is 9.84. The Labute approximate surface area is 104 Å². The fraction of sp³-hybridized carbons (Fsp3) is 0.0769. The van der Waals surface area contributed by atoms with Crippen molar-refractivity contribution < 1.29 is 4.74 Å². The van der Waals surface area contributed by atoms with E-state index in [0.717, 1.165) is 16.6 Å². The fourth-order valence-corrected chi connectivity index (χ4v) is 1.82. The summed E-state index contributed by atoms with van der Waals surface area (Å²) >= 11 is 0. The van der Waals surface area contributed by atoms with Crippen molar-refractivity contribution in [3.05, 3.63) is 42.2 Å². The van der Waals surface area contributed by atoms with Gasteiger partial charge in [0.2, 0.25) is 5.88 Å². The van der Waals surface area contributed by atoms with E-state index < -0.39 is 0 Å². The van der Waals surface area contributed by atoms with Crippen LogP contribution in [-0.4, -0.2) is 15.2 Å². The molecule has 5 nitrogen and oxygen atoms in total. The summed E-state index contributed by atoms with van der Waals surface area (Å²) in [4.78, 5) is 4.26. The van der Waals surface area contributed by atoms with Crippen molar-refractivity contribution >= 4 is 16.6 Å². The zero-order chi connectivity index (χ0) is 12.5. The van der Waals surface area contributed by atoms with Crippen molar-refractivity contribution in [1.29, 1.82) is 0 Å². The van der Waals surface area contributed by atoms with E-state index in [1.54, 1.807) is 12.3 Å². The maximum atomic E-state index is 5.88. The molecule has 3 aromatic rings. The second-order valence-corrected chi connectivity index (χ2v) is 4.04. The Hall–Kier alpha value is -2.56. The van der Waals surface area contributed by atoms with Crippen molar-refractivity contribution in [2.45, 2.75) is 6.92 Å². The molecule has 5 heteroatoms. The number of nitrogens with one attached hydrogen (secondary N) is 1. The van der Waals surface area contributed by atoms with Crippen molar-refractivity contribution in [1.82, 2.24) is 15.2 Å². The Morgan fingerprint density at radius 1 is 1.28 bits per heavy atom. The third-order valence-electron chi connectivity index (χ3n) is 2.66. The molecule has 0 spiro atoms. The summed E-state index contributed by atoms with van der Waals surface area (Å²) in [6.07, 6.45) is 1.71. The number of hydrogen-bond donors (Lipinski definition) is 2. The van der Waals surface area contributed by atoms with E-state index >= 15 is 0 Å². The number of aryl methyl sites for hydroxylation is 1. The number of nitrogens with two attached hydrogens (primary N) is 1. The fourth-order valence-electron chi connectivity index (χ4n) is 1.82. The third kappa shape index (κ3) is 1.75. The Balaban J connectivity index is 2.09. The number of rotatable bonds is 2. The summed E-state index contributed by atoms with van der Waals surface area (Å²) in [5.74, 6) is 1.22. The molecule has 3 N–H and O–H groups in total. The van der Waals surface area contributed by atoms with Crippen LogP contribution in [0.1, 0.15) is 5.69 Å². The minimum atomic E-state index is 0.530. The first-order valence-electron chi connectivity index (χ1n) is 5.57. The molecule has 3 rings (SSSR count). The van der Waals surface area contributed by atoms with Gasteiger partial charge in [0.15, 0.2) is 0 Å². The van der Waals surface area contributed by atoms with Crippen LogP contribution < -0.4 is 10.5 Å². The van der Waals surface area contributed by atoms with Gasteiger partial charge < -0.3 is 10.5 Å². The van der Waals surface area contributed by atoms with Crippen LogP contribution in [0.2, 0.25) is 0 Å². The second-order valence-electron chi connectivity index (χ2n) is 4.04. The number of nitrogen functional groups attached to an aromatic ring is 1. The maximum Gasteiger partial charge on any atom is 0.238 e. The van der Waals surface area contributed by atoms with E-state index in [0.29, 0.717) is 17.3 Å². The largest absolute Gasteiger partial charge is 0.437 e. The van der Waals surface area contributed by atoms with Gasteiger partial charge in [-0.3, -0.25) is 10.1 Å². The number of hydrogen-bond acceptors (Lipinski definition) is 4. The first kappa shape index (κ1) is 10.6. The van der Waals surface area contributed by atoms with Gasteiger partial charge in [0.25, 0.3) is 0 Å². The van der Waals surface area contributed by atoms with Gasteiger partial charge in [0, 0.05) is 23.3 Å². The molecule has 0 saturated heterocycles. The number of aromatic amines is 1. The maximum absolute atomic E-state index is 5.88. The molecule has 18 heavy (non-hydrogen) atoms. The highest BCUT2D eigenvalue weighted by atomic mass is 16.5. The lowest BCUT2D eigenvalue weighted by Crippen LogP contribution is -1.92. The zero-order valence-corrected chi connectivity index (χ0v) is 9.84. The summed E-state index contributed by atoms with van der Waals surface area (Å²) in [6.45, 7) is 1.92. The van der Waals surface area contributed by atoms with Gasteiger partial charge in [-0.15, -0.1) is 5.10 Å². The predicted molar refractivity (Wildman–Crippen MR) is 69.6 cm³/mol. The number of nitrogens with zero attached hydrogens (tertiary/aromatic N) is 2. The lowest BCUT2D eigenvalue weighted by molar-refractivity contribution is 0.467. The highest BCUT2D eigenvalue weighted by molar-refractivity contribution is 5.93. The standard InChI is InChI=1S/C13H12N4O/c1-8-7-12(17-16-8)18-11-5-4-10(14)13-9(11)3-2-6-15-13/h2-7H,14H2,1H3,(H,16,17). The first-order valence-corrected chi connectivity index (χ1v) is 5.57. The molecule has 0 aliphatic heterocycles. The molecular weight excluding hydrogens is 228 g/mol. The van der Waals surface area contributed by atoms with E-state index in [2.05, 4.69) is 15.2 Å². The summed E-state index contributed by atoms with van der Waals surface area (Å²) < 4.78 is 5.73. The summed E-state index contributed by atoms with van der Waals surface area (Å²) in [5, 5.41) is 7.75. The highest BCUT2D eigenvalue weighted by Gasteiger charge is 2.08. The molecule has 0 atom stereocenters. The Kier molecular flexibility index (Phi) is 2.37. The van der Waals surface area contributed by atoms with Crippen LogP contribution in [0, 0.1) is 6.92 Å². The molecule has 0 radical (unpaired) electrons. The minimum absolute atomic E-state index is 0.530. The van der Waals surface area contributed by atoms with Gasteiger partial charge in [0.1, 0.15) is 5.75 Å². The van der Waals surface area contributed by atoms with Crippen molar-refractivity contribution in [3.8, 4) is 11.6 Å². The van der Waals surface area contributed by atoms with Crippen LogP contribution in [0.3, 0.4) is 0 Å². The first-order chi connectivity index (χ1) is 8.74. The molecule has 2 heterocycles. The van der Waals surface area contributed by atoms with E-state index in [9.17, 15) is 0 Å². The molecule has 0 amide bonds. The van der Waals surface area contributed by atoms with Gasteiger partial charge in [-0.25, -0.2) is 0 Å². The Morgan fingerprint density at radius 3 is 2.94 bits per heavy atom. The quantitative estimate of drug-likeness (QED) is 0.675. The van der Waals surface area contributed by atoms with E-state index in [1.165, 1.54) is 0 Å². The van der Waals surface area contributed by atoms with E-state index in [1.807, 2.05) is 31.2 Å². The van der Waals surface area contributed by atoms with E-state index in [-0.39, 0.29) is 0 Å². The molecule has 0 unspecified atom stereocenters. The van der Waals surface area contributed by atoms with Crippen LogP contribution in [0.15, 0.2) is 36.5 Å². The number of anilines is 1. The average Bonchev–Trinajstić information content (AvgIpc) is 2.79. The summed E-state index contributed by atoms with van der Waals surface area (Å²) in [7, 11) is 0. The van der Waals surface area contributed by atoms with Crippen molar-refractivity contribution in [2.75, 3.05) is 5.73 Å². The molecular formula is C13H12N4O. The molecule has 1 aromatic carbocycles. The summed E-state index contributed by atoms with van der Waals surface area (Å²) in [5.41, 5.74) is 8.20. The van der Waals surface area contributed by atoms with Crippen LogP contribution in [0.25, 0.3) is 10.9 Å². The number of benzene rings is 1. The average molecular weight is 240 g/mol. The van der Waals surface area contributed by atoms with E-state index in [4.69, 9.17) is 10.5 Å². The van der Waals surface area contributed by atoms with Crippen LogP contribution >= 0.6 is 0 Å². The van der Waals surface area contributed by atoms with Gasteiger partial charge in [0.05, 0.1) is 11.2 Å². The van der Waals surface area contributed by atoms with Gasteiger partial charge in [-0.05, 0) is 31.2 Å². The minimum Gasteiger partial charge on any atom is -0.437 e. The predicted octanol–water partition coefficient (Wildman–Crippen LogP) is 2.64. The van der Waals surface area contributed by atoms with Crippen LogP contribution in [0.5, 0.6) is 11.6 Å². The normalized spacial score (nSPS) is 10.7. The number of fused-ring (bicyclic) bond motifs is 1. The third-order valence-corrected chi connectivity index (χ3v) is 2.66. The van der Waals surface area contributed by atoms with Gasteiger partial charge in [-0.2, -0.15) is 0 Å². The van der Waals surface area contributed by atoms with Crippen LogP contribution in [0.4, 0.5) is 5.69 Å². The molecule has 90 valence electrons. The lowest BCUT2D eigenvalue weighted by Gasteiger charge is -2.07. The number of H-pyrrole nitrogens is 1. The van der Waals surface area contributed by atoms with Gasteiger partial charge >= 0.3 is 0 Å². The van der Waals surface area contributed by atoms with Crippen molar-refractivity contribution in [2.24, 2.45) is 0 Å². The molecule has 0 fully saturated rings. The molecule has 0 aliphatic carbocycles. The molecule has 0 bridgehead atoms. The molecule has 0 saturated carbocycles. The number of pyridine rings is 1. The smallest absolute Gasteiger partial charge is 0.238 e. The topological polar surface area (TPSA) is 76.8 Å². The monoisotopic (exact) mass is 240 g/mol. The Morgan fingerprint density at radius 2 is 2.17 bits per heavy atom. The lowest BCUT2D eigenvalue weighted by atomic mass is 10.2. The molecule has 2 aromatic heterocycles. The molecule has 0 aliphatic rings. The van der Waals surface area contributed by atoms with Gasteiger partial charge in [-0.1, -0.05) is 0 Å². The highest BCUT2D eigenvalue weighted by Crippen LogP contribution is 2.31. The second kappa shape index (κ2) is 4.03. The number of aromatic nitrogens is 3. The van der Waals surface area contributed by atoms with Crippen LogP contribution in [-0.2, 0) is 0 Å². The Bertz CT molecular complexity index is 705. The summed E-state index contributed by atoms with van der Waals surface area (Å²) in [6, 6.07) is 9.21. The SMILES string of the molecule is Cc1cc(Oc2ccc(N)c3ncccc23)n[nH]1. The number of ether oxygens (including phenoxy) is 1. The van der Waals surface area contributed by atoms with Crippen molar-refractivity contribution in [3.63, 3.8) is 0 Å².